The van der Waals surface area contributed by atoms with Crippen LogP contribution in [-0.2, 0) is 11.2 Å². The number of ether oxygens (including phenoxy) is 4. The van der Waals surface area contributed by atoms with Crippen molar-refractivity contribution in [1.29, 1.82) is 0 Å². The lowest BCUT2D eigenvalue weighted by Gasteiger charge is -2.13. The van der Waals surface area contributed by atoms with Gasteiger partial charge in [0, 0.05) is 17.7 Å². The second kappa shape index (κ2) is 10.0. The summed E-state index contributed by atoms with van der Waals surface area (Å²) in [6, 6.07) is 5.18. The van der Waals surface area contributed by atoms with Crippen LogP contribution in [0.25, 0.3) is 10.9 Å². The zero-order chi connectivity index (χ0) is 24.1. The average molecular weight is 464 g/mol. The second-order valence-corrected chi connectivity index (χ2v) is 7.21. The van der Waals surface area contributed by atoms with Crippen molar-refractivity contribution in [3.05, 3.63) is 48.2 Å². The van der Waals surface area contributed by atoms with E-state index in [1.807, 2.05) is 13.8 Å². The van der Waals surface area contributed by atoms with E-state index in [-0.39, 0.29) is 12.3 Å². The number of anilines is 1. The van der Waals surface area contributed by atoms with Crippen molar-refractivity contribution in [1.82, 2.24) is 25.1 Å². The first-order valence-corrected chi connectivity index (χ1v) is 10.5. The molecule has 1 aromatic carbocycles. The number of benzene rings is 1. The van der Waals surface area contributed by atoms with Crippen LogP contribution in [0.5, 0.6) is 28.9 Å². The molecule has 0 aliphatic carbocycles. The number of methoxy groups -OCH3 is 2. The zero-order valence-electron chi connectivity index (χ0n) is 19.2. The number of hydrogen-bond acceptors (Lipinski definition) is 9. The molecule has 0 atom stereocenters. The van der Waals surface area contributed by atoms with Gasteiger partial charge in [0.2, 0.25) is 11.8 Å². The smallest absolute Gasteiger partial charge is 0.231 e. The van der Waals surface area contributed by atoms with Crippen molar-refractivity contribution in [3.63, 3.8) is 0 Å². The predicted molar refractivity (Wildman–Crippen MR) is 124 cm³/mol. The molecule has 0 aliphatic rings. The summed E-state index contributed by atoms with van der Waals surface area (Å²) in [5.74, 6) is 2.52. The molecule has 11 nitrogen and oxygen atoms in total. The van der Waals surface area contributed by atoms with Gasteiger partial charge in [0.25, 0.3) is 0 Å². The Morgan fingerprint density at radius 2 is 1.85 bits per heavy atom. The molecule has 1 amide bonds. The van der Waals surface area contributed by atoms with Crippen LogP contribution in [0.3, 0.4) is 0 Å². The summed E-state index contributed by atoms with van der Waals surface area (Å²) >= 11 is 0. The summed E-state index contributed by atoms with van der Waals surface area (Å²) in [4.78, 5) is 25.4. The molecule has 176 valence electrons. The van der Waals surface area contributed by atoms with Gasteiger partial charge in [-0.15, -0.1) is 0 Å². The summed E-state index contributed by atoms with van der Waals surface area (Å²) in [6.07, 6.45) is 4.55. The highest BCUT2D eigenvalue weighted by molar-refractivity contribution is 5.92. The van der Waals surface area contributed by atoms with Gasteiger partial charge < -0.3 is 24.3 Å². The molecule has 2 N–H and O–H groups in total. The maximum atomic E-state index is 12.4. The molecule has 0 bridgehead atoms. The number of nitrogens with one attached hydrogen (secondary N) is 2. The lowest BCUT2D eigenvalue weighted by atomic mass is 10.2. The van der Waals surface area contributed by atoms with E-state index in [0.29, 0.717) is 57.9 Å². The van der Waals surface area contributed by atoms with Gasteiger partial charge in [0.15, 0.2) is 17.2 Å². The molecule has 34 heavy (non-hydrogen) atoms. The molecule has 0 aliphatic heterocycles. The second-order valence-electron chi connectivity index (χ2n) is 7.21. The number of nitrogens with zero attached hydrogens (tertiary/aromatic N) is 4. The third-order valence-corrected chi connectivity index (χ3v) is 4.95. The Morgan fingerprint density at radius 3 is 2.56 bits per heavy atom. The largest absolute Gasteiger partial charge is 0.495 e. The first-order valence-electron chi connectivity index (χ1n) is 10.5. The van der Waals surface area contributed by atoms with Gasteiger partial charge in [-0.25, -0.2) is 9.97 Å². The SMILES string of the molecule is CCOc1cc2c(Oc3cnc(CC(=O)Nc4[nH]ncc4C)c(OC)c3)ncnc2cc1OC. The Hall–Kier alpha value is -4.41. The molecule has 3 aromatic heterocycles. The number of aryl methyl sites for hydroxylation is 1. The fraction of sp³-hybridized carbons (Fsp3) is 0.261. The number of aromatic amines is 1. The quantitative estimate of drug-likeness (QED) is 0.382. The van der Waals surface area contributed by atoms with Crippen molar-refractivity contribution in [2.45, 2.75) is 20.3 Å². The first kappa shape index (κ1) is 22.8. The maximum absolute atomic E-state index is 12.4. The van der Waals surface area contributed by atoms with E-state index in [0.717, 1.165) is 5.56 Å². The highest BCUT2D eigenvalue weighted by Gasteiger charge is 2.16. The average Bonchev–Trinajstić information content (AvgIpc) is 3.24. The highest BCUT2D eigenvalue weighted by Crippen LogP contribution is 2.36. The van der Waals surface area contributed by atoms with E-state index in [1.54, 1.807) is 31.5 Å². The Balaban J connectivity index is 1.58. The van der Waals surface area contributed by atoms with Gasteiger partial charge in [-0.1, -0.05) is 0 Å². The summed E-state index contributed by atoms with van der Waals surface area (Å²) in [5.41, 5.74) is 1.92. The molecule has 0 radical (unpaired) electrons. The Labute approximate surface area is 195 Å². The molecular weight excluding hydrogens is 440 g/mol. The van der Waals surface area contributed by atoms with Gasteiger partial charge in [-0.3, -0.25) is 14.9 Å². The molecule has 11 heteroatoms. The maximum Gasteiger partial charge on any atom is 0.231 e. The van der Waals surface area contributed by atoms with Gasteiger partial charge in [0.1, 0.15) is 17.9 Å². The minimum atomic E-state index is -0.258. The molecule has 0 saturated heterocycles. The molecule has 0 fully saturated rings. The number of H-pyrrole nitrogens is 1. The lowest BCUT2D eigenvalue weighted by molar-refractivity contribution is -0.115. The zero-order valence-corrected chi connectivity index (χ0v) is 19.2. The Morgan fingerprint density at radius 1 is 1.03 bits per heavy atom. The first-order chi connectivity index (χ1) is 16.5. The number of carbonyl (C=O) groups is 1. The summed E-state index contributed by atoms with van der Waals surface area (Å²) < 4.78 is 22.5. The summed E-state index contributed by atoms with van der Waals surface area (Å²) in [7, 11) is 3.07. The van der Waals surface area contributed by atoms with Crippen LogP contribution in [0.15, 0.2) is 36.9 Å². The predicted octanol–water partition coefficient (Wildman–Crippen LogP) is 3.45. The van der Waals surface area contributed by atoms with E-state index >= 15 is 0 Å². The van der Waals surface area contributed by atoms with Gasteiger partial charge in [-0.2, -0.15) is 5.10 Å². The van der Waals surface area contributed by atoms with Crippen molar-refractivity contribution in [2.24, 2.45) is 0 Å². The van der Waals surface area contributed by atoms with Crippen molar-refractivity contribution in [3.8, 4) is 28.9 Å². The fourth-order valence-electron chi connectivity index (χ4n) is 3.29. The van der Waals surface area contributed by atoms with E-state index in [1.165, 1.54) is 19.6 Å². The number of pyridine rings is 1. The van der Waals surface area contributed by atoms with E-state index in [9.17, 15) is 4.79 Å². The van der Waals surface area contributed by atoms with Crippen LogP contribution in [0.2, 0.25) is 0 Å². The third kappa shape index (κ3) is 4.82. The Bertz CT molecular complexity index is 1320. The molecule has 3 heterocycles. The van der Waals surface area contributed by atoms with E-state index < -0.39 is 0 Å². The lowest BCUT2D eigenvalue weighted by Crippen LogP contribution is -2.16. The van der Waals surface area contributed by atoms with Crippen molar-refractivity contribution < 1.29 is 23.7 Å². The van der Waals surface area contributed by atoms with Crippen LogP contribution < -0.4 is 24.3 Å². The number of amides is 1. The monoisotopic (exact) mass is 464 g/mol. The standard InChI is InChI=1S/C23H24N6O5/c1-5-33-20-7-15-16(8-19(20)32-4)25-12-26-23(15)34-14-6-18(31-3)17(24-11-14)9-21(30)28-22-13(2)10-27-29-22/h6-8,10-12H,5,9H2,1-4H3,(H2,27,28,29,30). The number of fused-ring (bicyclic) bond motifs is 1. The molecule has 0 unspecified atom stereocenters. The molecule has 0 saturated carbocycles. The van der Waals surface area contributed by atoms with Crippen LogP contribution in [0.4, 0.5) is 5.82 Å². The molecular formula is C23H24N6O5. The fourth-order valence-corrected chi connectivity index (χ4v) is 3.29. The normalized spacial score (nSPS) is 10.7. The number of hydrogen-bond donors (Lipinski definition) is 2. The van der Waals surface area contributed by atoms with Crippen LogP contribution in [0.1, 0.15) is 18.2 Å². The van der Waals surface area contributed by atoms with Gasteiger partial charge >= 0.3 is 0 Å². The highest BCUT2D eigenvalue weighted by atomic mass is 16.5. The van der Waals surface area contributed by atoms with Gasteiger partial charge in [-0.05, 0) is 19.9 Å². The van der Waals surface area contributed by atoms with Crippen LogP contribution >= 0.6 is 0 Å². The Kier molecular flexibility index (Phi) is 6.72. The minimum Gasteiger partial charge on any atom is -0.495 e. The molecule has 4 rings (SSSR count). The van der Waals surface area contributed by atoms with Crippen LogP contribution in [-0.4, -0.2) is 51.9 Å². The number of aromatic nitrogens is 5. The molecule has 0 spiro atoms. The van der Waals surface area contributed by atoms with Crippen molar-refractivity contribution >= 4 is 22.6 Å². The van der Waals surface area contributed by atoms with Crippen molar-refractivity contribution in [2.75, 3.05) is 26.1 Å². The summed E-state index contributed by atoms with van der Waals surface area (Å²) in [6.45, 7) is 4.20. The minimum absolute atomic E-state index is 0.00978. The van der Waals surface area contributed by atoms with E-state index in [2.05, 4.69) is 30.5 Å². The van der Waals surface area contributed by atoms with Crippen LogP contribution in [0, 0.1) is 6.92 Å². The third-order valence-electron chi connectivity index (χ3n) is 4.95. The van der Waals surface area contributed by atoms with Gasteiger partial charge in [0.05, 0.1) is 56.2 Å². The molecule has 4 aromatic rings. The summed E-state index contributed by atoms with van der Waals surface area (Å²) in [5, 5.41) is 10.0. The number of rotatable bonds is 9. The van der Waals surface area contributed by atoms with E-state index in [4.69, 9.17) is 18.9 Å². The topological polar surface area (TPSA) is 133 Å². The number of carbonyl (C=O) groups excluding carboxylic acids is 1.